The molecule has 0 bridgehead atoms. The molecule has 0 aromatic rings. The smallest absolute Gasteiger partial charge is 0.407 e. The van der Waals surface area contributed by atoms with Gasteiger partial charge in [-0.25, -0.2) is 4.79 Å². The number of hydrogen-bond donors (Lipinski definition) is 1. The molecule has 0 heterocycles. The Hall–Kier alpha value is -0.770. The van der Waals surface area contributed by atoms with Gasteiger partial charge >= 0.3 is 6.09 Å². The van der Waals surface area contributed by atoms with Gasteiger partial charge in [-0.3, -0.25) is 0 Å². The fraction of sp³-hybridized carbons (Fsp3) is 0.917. The van der Waals surface area contributed by atoms with Gasteiger partial charge in [0.25, 0.3) is 0 Å². The van der Waals surface area contributed by atoms with Crippen LogP contribution in [-0.4, -0.2) is 32.5 Å². The first-order chi connectivity index (χ1) is 7.68. The SMILES string of the molecule is CCOCCOC(=O)NCCC1(C)C2CC21. The lowest BCUT2D eigenvalue weighted by Gasteiger charge is -2.16. The van der Waals surface area contributed by atoms with Gasteiger partial charge in [-0.05, 0) is 37.0 Å². The van der Waals surface area contributed by atoms with E-state index in [0.29, 0.717) is 25.2 Å². The molecule has 0 aromatic heterocycles. The lowest BCUT2D eigenvalue weighted by molar-refractivity contribution is 0.0785. The second-order valence-electron chi connectivity index (χ2n) is 4.96. The Balaban J connectivity index is 1.45. The van der Waals surface area contributed by atoms with Crippen LogP contribution in [0.3, 0.4) is 0 Å². The van der Waals surface area contributed by atoms with E-state index >= 15 is 0 Å². The van der Waals surface area contributed by atoms with E-state index in [0.717, 1.165) is 24.8 Å². The molecule has 2 unspecified atom stereocenters. The van der Waals surface area contributed by atoms with Crippen LogP contribution in [0.15, 0.2) is 0 Å². The maximum atomic E-state index is 11.2. The summed E-state index contributed by atoms with van der Waals surface area (Å²) in [5.74, 6) is 1.92. The van der Waals surface area contributed by atoms with Crippen molar-refractivity contribution in [2.75, 3.05) is 26.4 Å². The van der Waals surface area contributed by atoms with Crippen molar-refractivity contribution in [2.24, 2.45) is 17.3 Å². The highest BCUT2D eigenvalue weighted by Crippen LogP contribution is 2.78. The van der Waals surface area contributed by atoms with Crippen LogP contribution in [-0.2, 0) is 9.47 Å². The van der Waals surface area contributed by atoms with Crippen molar-refractivity contribution in [3.05, 3.63) is 0 Å². The molecule has 0 spiro atoms. The lowest BCUT2D eigenvalue weighted by Crippen LogP contribution is -2.28. The molecule has 2 rings (SSSR count). The number of nitrogens with one attached hydrogen (secondary N) is 1. The van der Waals surface area contributed by atoms with Crippen LogP contribution < -0.4 is 5.32 Å². The van der Waals surface area contributed by atoms with E-state index in [1.54, 1.807) is 0 Å². The highest BCUT2D eigenvalue weighted by molar-refractivity contribution is 5.67. The zero-order valence-electron chi connectivity index (χ0n) is 10.1. The third kappa shape index (κ3) is 2.48. The van der Waals surface area contributed by atoms with E-state index in [9.17, 15) is 4.79 Å². The summed E-state index contributed by atoms with van der Waals surface area (Å²) in [5.41, 5.74) is 0.540. The van der Waals surface area contributed by atoms with Crippen molar-refractivity contribution in [3.63, 3.8) is 0 Å². The Bertz CT molecular complexity index is 259. The predicted molar refractivity (Wildman–Crippen MR) is 60.2 cm³/mol. The zero-order chi connectivity index (χ0) is 11.6. The molecule has 4 nitrogen and oxygen atoms in total. The summed E-state index contributed by atoms with van der Waals surface area (Å²) in [7, 11) is 0. The Morgan fingerprint density at radius 3 is 2.75 bits per heavy atom. The number of rotatable bonds is 7. The Labute approximate surface area is 96.7 Å². The molecule has 2 aliphatic rings. The minimum atomic E-state index is -0.322. The average molecular weight is 227 g/mol. The molecule has 1 amide bonds. The molecule has 1 N–H and O–H groups in total. The van der Waals surface area contributed by atoms with E-state index < -0.39 is 0 Å². The summed E-state index contributed by atoms with van der Waals surface area (Å²) in [6.45, 7) is 6.44. The fourth-order valence-corrected chi connectivity index (χ4v) is 2.53. The summed E-state index contributed by atoms with van der Waals surface area (Å²) in [4.78, 5) is 11.2. The maximum absolute atomic E-state index is 11.2. The minimum absolute atomic E-state index is 0.322. The van der Waals surface area contributed by atoms with Crippen molar-refractivity contribution >= 4 is 6.09 Å². The molecule has 2 fully saturated rings. The number of carbonyl (C=O) groups excluding carboxylic acids is 1. The highest BCUT2D eigenvalue weighted by atomic mass is 16.6. The molecular weight excluding hydrogens is 206 g/mol. The number of carbonyl (C=O) groups is 1. The van der Waals surface area contributed by atoms with Crippen LogP contribution in [0.4, 0.5) is 4.79 Å². The fourth-order valence-electron chi connectivity index (χ4n) is 2.53. The summed E-state index contributed by atoms with van der Waals surface area (Å²) in [5, 5.41) is 2.78. The largest absolute Gasteiger partial charge is 0.447 e. The van der Waals surface area contributed by atoms with Crippen molar-refractivity contribution in [2.45, 2.75) is 26.7 Å². The van der Waals surface area contributed by atoms with E-state index in [2.05, 4.69) is 12.2 Å². The van der Waals surface area contributed by atoms with Crippen LogP contribution in [0.2, 0.25) is 0 Å². The van der Waals surface area contributed by atoms with Crippen LogP contribution in [0.1, 0.15) is 26.7 Å². The maximum Gasteiger partial charge on any atom is 0.407 e. The third-order valence-corrected chi connectivity index (χ3v) is 3.97. The van der Waals surface area contributed by atoms with Gasteiger partial charge < -0.3 is 14.8 Å². The molecule has 92 valence electrons. The van der Waals surface area contributed by atoms with Crippen molar-refractivity contribution in [3.8, 4) is 0 Å². The Kier molecular flexibility index (Phi) is 3.38. The summed E-state index contributed by atoms with van der Waals surface area (Å²) in [6, 6.07) is 0. The van der Waals surface area contributed by atoms with Gasteiger partial charge in [-0.2, -0.15) is 0 Å². The van der Waals surface area contributed by atoms with Crippen LogP contribution in [0, 0.1) is 17.3 Å². The van der Waals surface area contributed by atoms with Gasteiger partial charge in [0.05, 0.1) is 6.61 Å². The van der Waals surface area contributed by atoms with Gasteiger partial charge in [0.15, 0.2) is 0 Å². The molecule has 16 heavy (non-hydrogen) atoms. The summed E-state index contributed by atoms with van der Waals surface area (Å²) in [6.07, 6.45) is 2.18. The van der Waals surface area contributed by atoms with E-state index in [4.69, 9.17) is 9.47 Å². The van der Waals surface area contributed by atoms with Crippen molar-refractivity contribution < 1.29 is 14.3 Å². The second kappa shape index (κ2) is 4.62. The molecule has 2 atom stereocenters. The quantitative estimate of drug-likeness (QED) is 0.675. The van der Waals surface area contributed by atoms with E-state index in [1.165, 1.54) is 6.42 Å². The number of amides is 1. The van der Waals surface area contributed by atoms with Gasteiger partial charge in [0.2, 0.25) is 0 Å². The number of hydrogen-bond acceptors (Lipinski definition) is 3. The van der Waals surface area contributed by atoms with Crippen LogP contribution in [0.25, 0.3) is 0 Å². The molecule has 4 heteroatoms. The Morgan fingerprint density at radius 2 is 2.19 bits per heavy atom. The highest BCUT2D eigenvalue weighted by Gasteiger charge is 2.72. The van der Waals surface area contributed by atoms with Gasteiger partial charge in [0, 0.05) is 13.2 Å². The molecule has 2 aliphatic carbocycles. The molecule has 0 saturated heterocycles. The minimum Gasteiger partial charge on any atom is -0.447 e. The molecule has 0 aromatic carbocycles. The lowest BCUT2D eigenvalue weighted by atomic mass is 9.93. The van der Waals surface area contributed by atoms with Gasteiger partial charge in [-0.1, -0.05) is 6.92 Å². The van der Waals surface area contributed by atoms with E-state index in [-0.39, 0.29) is 6.09 Å². The molecular formula is C12H21NO3. The standard InChI is InChI=1S/C12H21NO3/c1-3-15-6-7-16-11(14)13-5-4-12(2)9-8-10(9)12/h9-10H,3-8H2,1-2H3,(H,13,14). The third-order valence-electron chi connectivity index (χ3n) is 3.97. The van der Waals surface area contributed by atoms with Gasteiger partial charge in [0.1, 0.15) is 6.61 Å². The first-order valence-electron chi connectivity index (χ1n) is 6.17. The normalized spacial score (nSPS) is 34.1. The van der Waals surface area contributed by atoms with Crippen LogP contribution in [0.5, 0.6) is 0 Å². The zero-order valence-corrected chi connectivity index (χ0v) is 10.1. The summed E-state index contributed by atoms with van der Waals surface area (Å²) >= 11 is 0. The second-order valence-corrected chi connectivity index (χ2v) is 4.96. The predicted octanol–water partition coefficient (Wildman–Crippen LogP) is 1.80. The van der Waals surface area contributed by atoms with Crippen molar-refractivity contribution in [1.29, 1.82) is 0 Å². The first kappa shape index (κ1) is 11.7. The molecule has 0 aliphatic heterocycles. The van der Waals surface area contributed by atoms with Crippen LogP contribution >= 0.6 is 0 Å². The molecule has 2 saturated carbocycles. The Morgan fingerprint density at radius 1 is 1.44 bits per heavy atom. The molecule has 0 radical (unpaired) electrons. The summed E-state index contributed by atoms with van der Waals surface area (Å²) < 4.78 is 10.0. The van der Waals surface area contributed by atoms with Crippen molar-refractivity contribution in [1.82, 2.24) is 5.32 Å². The number of fused-ring (bicyclic) bond motifs is 1. The van der Waals surface area contributed by atoms with E-state index in [1.807, 2.05) is 6.92 Å². The number of alkyl carbamates (subject to hydrolysis) is 1. The topological polar surface area (TPSA) is 47.6 Å². The number of ether oxygens (including phenoxy) is 2. The van der Waals surface area contributed by atoms with Gasteiger partial charge in [-0.15, -0.1) is 0 Å². The monoisotopic (exact) mass is 227 g/mol. The first-order valence-corrected chi connectivity index (χ1v) is 6.17. The average Bonchev–Trinajstić information content (AvgIpc) is 3.14.